The van der Waals surface area contributed by atoms with Crippen molar-refractivity contribution in [2.45, 2.75) is 12.5 Å². The number of benzene rings is 2. The van der Waals surface area contributed by atoms with Crippen LogP contribution in [-0.4, -0.2) is 91.7 Å². The summed E-state index contributed by atoms with van der Waals surface area (Å²) >= 11 is 0. The van der Waals surface area contributed by atoms with Gasteiger partial charge in [-0.2, -0.15) is 0 Å². The Hall–Kier alpha value is -3.89. The lowest BCUT2D eigenvalue weighted by Crippen LogP contribution is -2.54. The molecule has 198 valence electrons. The average Bonchev–Trinajstić information content (AvgIpc) is 3.34. The van der Waals surface area contributed by atoms with Gasteiger partial charge in [0.1, 0.15) is 19.0 Å². The van der Waals surface area contributed by atoms with E-state index in [9.17, 15) is 19.5 Å². The number of hydrogen-bond acceptors (Lipinski definition) is 8. The van der Waals surface area contributed by atoms with Gasteiger partial charge in [-0.15, -0.1) is 0 Å². The van der Waals surface area contributed by atoms with E-state index in [1.807, 2.05) is 13.0 Å². The molecule has 1 atom stereocenters. The van der Waals surface area contributed by atoms with Crippen LogP contribution >= 0.6 is 0 Å². The zero-order valence-corrected chi connectivity index (χ0v) is 21.1. The number of ketones is 1. The van der Waals surface area contributed by atoms with Crippen LogP contribution in [0.25, 0.3) is 5.76 Å². The first-order chi connectivity index (χ1) is 18.5. The van der Waals surface area contributed by atoms with Crippen LogP contribution in [0.5, 0.6) is 11.5 Å². The zero-order chi connectivity index (χ0) is 26.4. The van der Waals surface area contributed by atoms with E-state index in [4.69, 9.17) is 14.2 Å². The summed E-state index contributed by atoms with van der Waals surface area (Å²) in [7, 11) is 0. The van der Waals surface area contributed by atoms with Crippen molar-refractivity contribution in [1.82, 2.24) is 9.80 Å². The summed E-state index contributed by atoms with van der Waals surface area (Å²) in [5.74, 6) is -1.60. The molecule has 4 heterocycles. The Morgan fingerprint density at radius 2 is 1.68 bits per heavy atom. The maximum absolute atomic E-state index is 14.3. The van der Waals surface area contributed by atoms with Gasteiger partial charge in [0.15, 0.2) is 17.0 Å². The van der Waals surface area contributed by atoms with Crippen LogP contribution in [0.4, 0.5) is 5.69 Å². The highest BCUT2D eigenvalue weighted by Gasteiger charge is 2.66. The van der Waals surface area contributed by atoms with E-state index in [-0.39, 0.29) is 17.7 Å². The van der Waals surface area contributed by atoms with Crippen LogP contribution in [0.2, 0.25) is 0 Å². The number of amides is 2. The lowest BCUT2D eigenvalue weighted by Gasteiger charge is -2.36. The highest BCUT2D eigenvalue weighted by molar-refractivity contribution is 6.50. The quantitative estimate of drug-likeness (QED) is 0.362. The molecule has 6 rings (SSSR count). The van der Waals surface area contributed by atoms with E-state index in [0.717, 1.165) is 0 Å². The third-order valence-electron chi connectivity index (χ3n) is 7.68. The number of carbonyl (C=O) groups is 3. The number of morpholine rings is 1. The molecule has 2 aromatic rings. The summed E-state index contributed by atoms with van der Waals surface area (Å²) in [5, 5.41) is 11.7. The van der Waals surface area contributed by atoms with E-state index in [1.165, 1.54) is 4.90 Å². The Morgan fingerprint density at radius 3 is 2.45 bits per heavy atom. The second-order valence-electron chi connectivity index (χ2n) is 9.60. The van der Waals surface area contributed by atoms with Crippen molar-refractivity contribution in [3.05, 3.63) is 59.2 Å². The third-order valence-corrected chi connectivity index (χ3v) is 7.68. The molecule has 0 unspecified atom stereocenters. The first kappa shape index (κ1) is 24.4. The summed E-state index contributed by atoms with van der Waals surface area (Å²) in [4.78, 5) is 46.7. The molecule has 2 fully saturated rings. The number of Topliss-reactive ketones (excluding diaryl/α,β-unsaturated/α-hetero) is 1. The van der Waals surface area contributed by atoms with Crippen molar-refractivity contribution in [3.63, 3.8) is 0 Å². The van der Waals surface area contributed by atoms with Gasteiger partial charge in [-0.3, -0.25) is 19.3 Å². The van der Waals surface area contributed by atoms with Crippen LogP contribution in [0.15, 0.2) is 48.0 Å². The Bertz CT molecular complexity index is 1350. The van der Waals surface area contributed by atoms with Gasteiger partial charge < -0.3 is 29.1 Å². The summed E-state index contributed by atoms with van der Waals surface area (Å²) in [6.07, 6.45) is 0. The third kappa shape index (κ3) is 3.51. The van der Waals surface area contributed by atoms with Gasteiger partial charge in [-0.1, -0.05) is 18.2 Å². The Kier molecular flexibility index (Phi) is 6.08. The number of hydrogen-bond donors (Lipinski definition) is 1. The summed E-state index contributed by atoms with van der Waals surface area (Å²) in [6, 6.07) is 12.0. The number of ether oxygens (including phenoxy) is 3. The minimum atomic E-state index is -1.77. The van der Waals surface area contributed by atoms with Gasteiger partial charge in [0.2, 0.25) is 0 Å². The van der Waals surface area contributed by atoms with Crippen molar-refractivity contribution in [1.29, 1.82) is 0 Å². The predicted molar refractivity (Wildman–Crippen MR) is 137 cm³/mol. The minimum absolute atomic E-state index is 0.139. The van der Waals surface area contributed by atoms with Crippen LogP contribution in [0, 0.1) is 0 Å². The molecule has 38 heavy (non-hydrogen) atoms. The van der Waals surface area contributed by atoms with Gasteiger partial charge in [0, 0.05) is 43.9 Å². The fraction of sp³-hybridized carbons (Fsp3) is 0.393. The fourth-order valence-corrected chi connectivity index (χ4v) is 5.88. The first-order valence-electron chi connectivity index (χ1n) is 12.9. The molecule has 0 aromatic heterocycles. The average molecular weight is 520 g/mol. The number of fused-ring (bicyclic) bond motifs is 3. The lowest BCUT2D eigenvalue weighted by molar-refractivity contribution is -0.144. The zero-order valence-electron chi connectivity index (χ0n) is 21.1. The Labute approximate surface area is 220 Å². The number of rotatable bonds is 5. The van der Waals surface area contributed by atoms with Crippen molar-refractivity contribution in [3.8, 4) is 11.5 Å². The summed E-state index contributed by atoms with van der Waals surface area (Å²) in [6.45, 7) is 6.10. The largest absolute Gasteiger partial charge is 0.507 e. The molecule has 0 aliphatic carbocycles. The fourth-order valence-electron chi connectivity index (χ4n) is 5.88. The molecule has 0 bridgehead atoms. The number of aliphatic hydroxyl groups is 1. The molecule has 10 heteroatoms. The van der Waals surface area contributed by atoms with E-state index in [1.54, 1.807) is 41.3 Å². The van der Waals surface area contributed by atoms with E-state index < -0.39 is 28.9 Å². The molecule has 2 saturated heterocycles. The maximum atomic E-state index is 14.3. The molecule has 2 amide bonds. The molecule has 2 aromatic carbocycles. The van der Waals surface area contributed by atoms with E-state index in [2.05, 4.69) is 4.90 Å². The minimum Gasteiger partial charge on any atom is -0.507 e. The van der Waals surface area contributed by atoms with Gasteiger partial charge in [-0.05, 0) is 31.2 Å². The molecular formula is C28H29N3O7. The first-order valence-corrected chi connectivity index (χ1v) is 12.9. The number of nitrogens with zero attached hydrogens (tertiary/aromatic N) is 3. The van der Waals surface area contributed by atoms with Crippen molar-refractivity contribution >= 4 is 29.0 Å². The number of likely N-dealkylation sites (tertiary alicyclic amines) is 1. The summed E-state index contributed by atoms with van der Waals surface area (Å²) in [5.41, 5.74) is -0.613. The molecule has 1 N–H and O–H groups in total. The van der Waals surface area contributed by atoms with Crippen LogP contribution in [0.3, 0.4) is 0 Å². The lowest BCUT2D eigenvalue weighted by atomic mass is 9.82. The summed E-state index contributed by atoms with van der Waals surface area (Å²) < 4.78 is 16.7. The molecule has 4 aliphatic heterocycles. The molecule has 4 aliphatic rings. The van der Waals surface area contributed by atoms with E-state index >= 15 is 0 Å². The van der Waals surface area contributed by atoms with E-state index in [0.29, 0.717) is 75.4 Å². The molecule has 1 spiro atoms. The van der Waals surface area contributed by atoms with Crippen LogP contribution in [0.1, 0.15) is 18.1 Å². The normalized spacial score (nSPS) is 24.4. The second kappa shape index (κ2) is 9.45. The standard InChI is InChI=1S/C28H29N3O7/c1-2-30-20-6-4-3-5-19(20)28(27(30)35)23(24(32)18-7-8-21-22(17-18)38-16-15-37-21)25(33)26(34)31(28)10-9-29-11-13-36-14-12-29/h3-8,17,32H,2,9-16H2,1H3/t28-/m1/s1. The Balaban J connectivity index is 1.53. The highest BCUT2D eigenvalue weighted by Crippen LogP contribution is 2.53. The second-order valence-corrected chi connectivity index (χ2v) is 9.60. The van der Waals surface area contributed by atoms with Crippen LogP contribution in [-0.2, 0) is 24.7 Å². The van der Waals surface area contributed by atoms with Crippen molar-refractivity contribution in [2.24, 2.45) is 0 Å². The SMILES string of the molecule is CCN1C(=O)[C@]2(C(=C(O)c3ccc4c(c3)OCCO4)C(=O)C(=O)N2CCN2CCOCC2)c2ccccc21. The predicted octanol–water partition coefficient (Wildman–Crippen LogP) is 1.73. The molecule has 0 saturated carbocycles. The Morgan fingerprint density at radius 1 is 0.947 bits per heavy atom. The van der Waals surface area contributed by atoms with Crippen molar-refractivity contribution in [2.75, 3.05) is 64.1 Å². The number of anilines is 1. The van der Waals surface area contributed by atoms with Crippen molar-refractivity contribution < 1.29 is 33.7 Å². The monoisotopic (exact) mass is 519 g/mol. The van der Waals surface area contributed by atoms with Gasteiger partial charge in [0.05, 0.1) is 24.5 Å². The highest BCUT2D eigenvalue weighted by atomic mass is 16.6. The van der Waals surface area contributed by atoms with Gasteiger partial charge >= 0.3 is 0 Å². The molecule has 0 radical (unpaired) electrons. The molecular weight excluding hydrogens is 490 g/mol. The van der Waals surface area contributed by atoms with Crippen LogP contribution < -0.4 is 14.4 Å². The number of carbonyl (C=O) groups excluding carboxylic acids is 3. The van der Waals surface area contributed by atoms with Gasteiger partial charge in [0.25, 0.3) is 17.6 Å². The number of likely N-dealkylation sites (N-methyl/N-ethyl adjacent to an activating group) is 1. The number of para-hydroxylation sites is 1. The molecule has 10 nitrogen and oxygen atoms in total. The topological polar surface area (TPSA) is 109 Å². The van der Waals surface area contributed by atoms with Gasteiger partial charge in [-0.25, -0.2) is 0 Å². The smallest absolute Gasteiger partial charge is 0.296 e. The maximum Gasteiger partial charge on any atom is 0.296 e. The number of aliphatic hydroxyl groups excluding tert-OH is 1.